The van der Waals surface area contributed by atoms with Crippen LogP contribution in [-0.2, 0) is 4.74 Å². The molecule has 0 spiro atoms. The van der Waals surface area contributed by atoms with Gasteiger partial charge in [-0.2, -0.15) is 0 Å². The first-order valence-corrected chi connectivity index (χ1v) is 8.89. The third-order valence-corrected chi connectivity index (χ3v) is 5.70. The Kier molecular flexibility index (Phi) is 5.27. The summed E-state index contributed by atoms with van der Waals surface area (Å²) in [6.45, 7) is 3.04. The molecule has 0 unspecified atom stereocenters. The Balaban J connectivity index is 1.73. The quantitative estimate of drug-likeness (QED) is 0.803. The summed E-state index contributed by atoms with van der Waals surface area (Å²) in [6.07, 6.45) is 4.84. The van der Waals surface area contributed by atoms with Gasteiger partial charge in [-0.25, -0.2) is 0 Å². The van der Waals surface area contributed by atoms with Crippen molar-refractivity contribution < 1.29 is 14.6 Å². The molecule has 1 saturated carbocycles. The number of hydrogen-bond acceptors (Lipinski definition) is 5. The zero-order valence-corrected chi connectivity index (χ0v) is 14.9. The number of carbonyl (C=O) groups is 1. The minimum atomic E-state index is -0.672. The van der Waals surface area contributed by atoms with E-state index in [4.69, 9.17) is 4.74 Å². The number of hydrogen-bond donors (Lipinski definition) is 2. The molecule has 7 heteroatoms. The van der Waals surface area contributed by atoms with E-state index in [-0.39, 0.29) is 36.4 Å². The Morgan fingerprint density at radius 3 is 2.88 bits per heavy atom. The van der Waals surface area contributed by atoms with Gasteiger partial charge in [0.1, 0.15) is 5.56 Å². The molecule has 2 heterocycles. The largest absolute Gasteiger partial charge is 0.394 e. The highest BCUT2D eigenvalue weighted by molar-refractivity contribution is 5.93. The number of aliphatic hydroxyl groups excluding tert-OH is 1. The van der Waals surface area contributed by atoms with Crippen LogP contribution in [0.4, 0.5) is 0 Å². The average molecular weight is 349 g/mol. The van der Waals surface area contributed by atoms with Gasteiger partial charge in [0.2, 0.25) is 0 Å². The van der Waals surface area contributed by atoms with Crippen molar-refractivity contribution in [1.82, 2.24) is 14.8 Å². The lowest BCUT2D eigenvalue weighted by molar-refractivity contribution is -0.105. The Bertz CT molecular complexity index is 685. The topological polar surface area (TPSA) is 83.8 Å². The van der Waals surface area contributed by atoms with Crippen molar-refractivity contribution in [3.8, 4) is 0 Å². The molecule has 1 aromatic heterocycles. The molecule has 3 rings (SSSR count). The fourth-order valence-electron chi connectivity index (χ4n) is 3.46. The number of morpholine rings is 1. The summed E-state index contributed by atoms with van der Waals surface area (Å²) >= 11 is 0. The predicted octanol–water partition coefficient (Wildman–Crippen LogP) is 0.385. The molecule has 1 saturated heterocycles. The van der Waals surface area contributed by atoms with Crippen molar-refractivity contribution in [2.45, 2.75) is 43.8 Å². The van der Waals surface area contributed by atoms with Crippen LogP contribution in [0.5, 0.6) is 0 Å². The Morgan fingerprint density at radius 2 is 2.24 bits per heavy atom. The highest BCUT2D eigenvalue weighted by atomic mass is 16.5. The van der Waals surface area contributed by atoms with Crippen molar-refractivity contribution in [1.29, 1.82) is 0 Å². The van der Waals surface area contributed by atoms with Crippen LogP contribution in [0.3, 0.4) is 0 Å². The summed E-state index contributed by atoms with van der Waals surface area (Å²) in [5.41, 5.74) is -0.769. The minimum absolute atomic E-state index is 0.130. The van der Waals surface area contributed by atoms with Gasteiger partial charge in [-0.05, 0) is 45.4 Å². The van der Waals surface area contributed by atoms with E-state index in [9.17, 15) is 14.7 Å². The minimum Gasteiger partial charge on any atom is -0.394 e. The molecule has 1 amide bonds. The summed E-state index contributed by atoms with van der Waals surface area (Å²) < 4.78 is 7.24. The highest BCUT2D eigenvalue weighted by Crippen LogP contribution is 2.30. The number of nitrogens with zero attached hydrogens (tertiary/aromatic N) is 2. The van der Waals surface area contributed by atoms with Crippen LogP contribution in [0.15, 0.2) is 23.1 Å². The molecule has 7 nitrogen and oxygen atoms in total. The molecule has 138 valence electrons. The molecule has 1 aliphatic heterocycles. The van der Waals surface area contributed by atoms with E-state index in [2.05, 4.69) is 5.32 Å². The third-order valence-electron chi connectivity index (χ3n) is 5.70. The maximum atomic E-state index is 12.6. The first kappa shape index (κ1) is 18.1. The zero-order valence-electron chi connectivity index (χ0n) is 14.9. The first-order chi connectivity index (χ1) is 12.0. The molecular formula is C18H27N3O4. The molecule has 25 heavy (non-hydrogen) atoms. The Morgan fingerprint density at radius 1 is 1.48 bits per heavy atom. The third kappa shape index (κ3) is 3.36. The number of nitrogens with one attached hydrogen (secondary N) is 1. The van der Waals surface area contributed by atoms with E-state index in [0.717, 1.165) is 19.3 Å². The standard InChI is InChI=1S/C18H27N3O4/c1-13-9-25-12-18(11-22,20(13)2)10-19-16(23)15-7-4-8-21(17(15)24)14-5-3-6-14/h4,7-8,13-14,22H,3,5-6,9-12H2,1-2H3,(H,19,23)/t13-,18+/m1/s1. The average Bonchev–Trinajstić information content (AvgIpc) is 2.56. The van der Waals surface area contributed by atoms with Crippen molar-refractivity contribution in [2.24, 2.45) is 0 Å². The Hall–Kier alpha value is -1.70. The molecular weight excluding hydrogens is 322 g/mol. The van der Waals surface area contributed by atoms with Gasteiger partial charge in [0.25, 0.3) is 11.5 Å². The highest BCUT2D eigenvalue weighted by Gasteiger charge is 2.40. The number of ether oxygens (including phenoxy) is 1. The van der Waals surface area contributed by atoms with Crippen LogP contribution in [0.2, 0.25) is 0 Å². The SMILES string of the molecule is C[C@@H]1COC[C@@](CO)(CNC(=O)c2cccn(C3CCC3)c2=O)N1C. The van der Waals surface area contributed by atoms with Crippen LogP contribution >= 0.6 is 0 Å². The van der Waals surface area contributed by atoms with E-state index in [1.807, 2.05) is 18.9 Å². The van der Waals surface area contributed by atoms with E-state index in [1.54, 1.807) is 22.9 Å². The number of pyridine rings is 1. The van der Waals surface area contributed by atoms with Gasteiger partial charge < -0.3 is 19.7 Å². The van der Waals surface area contributed by atoms with Gasteiger partial charge >= 0.3 is 0 Å². The van der Waals surface area contributed by atoms with E-state index in [0.29, 0.717) is 13.2 Å². The fourth-order valence-corrected chi connectivity index (χ4v) is 3.46. The normalized spacial score (nSPS) is 27.7. The van der Waals surface area contributed by atoms with E-state index < -0.39 is 11.4 Å². The van der Waals surface area contributed by atoms with Gasteiger partial charge in [-0.1, -0.05) is 0 Å². The first-order valence-electron chi connectivity index (χ1n) is 8.89. The van der Waals surface area contributed by atoms with E-state index in [1.165, 1.54) is 0 Å². The second-order valence-electron chi connectivity index (χ2n) is 7.26. The van der Waals surface area contributed by atoms with Crippen LogP contribution < -0.4 is 10.9 Å². The number of aliphatic hydroxyl groups is 1. The molecule has 0 aromatic carbocycles. The molecule has 0 radical (unpaired) electrons. The van der Waals surface area contributed by atoms with Crippen molar-refractivity contribution in [2.75, 3.05) is 33.4 Å². The fraction of sp³-hybridized carbons (Fsp3) is 0.667. The summed E-state index contributed by atoms with van der Waals surface area (Å²) in [5, 5.41) is 12.7. The van der Waals surface area contributed by atoms with Crippen molar-refractivity contribution in [3.05, 3.63) is 34.2 Å². The smallest absolute Gasteiger partial charge is 0.263 e. The van der Waals surface area contributed by atoms with Gasteiger partial charge in [0.05, 0.1) is 25.4 Å². The number of aromatic nitrogens is 1. The number of carbonyl (C=O) groups excluding carboxylic acids is 1. The molecule has 2 atom stereocenters. The summed E-state index contributed by atoms with van der Waals surface area (Å²) in [5.74, 6) is -0.405. The second kappa shape index (κ2) is 7.27. The summed E-state index contributed by atoms with van der Waals surface area (Å²) in [4.78, 5) is 27.2. The number of likely N-dealkylation sites (N-methyl/N-ethyl adjacent to an activating group) is 1. The maximum Gasteiger partial charge on any atom is 0.263 e. The monoisotopic (exact) mass is 349 g/mol. The van der Waals surface area contributed by atoms with Crippen LogP contribution in [-0.4, -0.2) is 65.5 Å². The molecule has 1 aromatic rings. The van der Waals surface area contributed by atoms with Crippen molar-refractivity contribution in [3.63, 3.8) is 0 Å². The van der Waals surface area contributed by atoms with Crippen LogP contribution in [0.1, 0.15) is 42.6 Å². The number of rotatable bonds is 5. The lowest BCUT2D eigenvalue weighted by Crippen LogP contribution is -2.65. The Labute approximate surface area is 147 Å². The second-order valence-corrected chi connectivity index (χ2v) is 7.26. The van der Waals surface area contributed by atoms with Crippen LogP contribution in [0, 0.1) is 0 Å². The lowest BCUT2D eigenvalue weighted by atomic mass is 9.92. The summed E-state index contributed by atoms with van der Waals surface area (Å²) in [6, 6.07) is 3.66. The molecule has 2 aliphatic rings. The van der Waals surface area contributed by atoms with Gasteiger partial charge in [0.15, 0.2) is 0 Å². The zero-order chi connectivity index (χ0) is 18.0. The molecule has 2 N–H and O–H groups in total. The molecule has 1 aliphatic carbocycles. The number of amides is 1. The van der Waals surface area contributed by atoms with Crippen LogP contribution in [0.25, 0.3) is 0 Å². The van der Waals surface area contributed by atoms with Crippen molar-refractivity contribution >= 4 is 5.91 Å². The molecule has 2 fully saturated rings. The predicted molar refractivity (Wildman–Crippen MR) is 93.8 cm³/mol. The summed E-state index contributed by atoms with van der Waals surface area (Å²) in [7, 11) is 1.92. The van der Waals surface area contributed by atoms with E-state index >= 15 is 0 Å². The lowest BCUT2D eigenvalue weighted by Gasteiger charge is -2.47. The van der Waals surface area contributed by atoms with Gasteiger partial charge in [0, 0.05) is 24.8 Å². The maximum absolute atomic E-state index is 12.6. The van der Waals surface area contributed by atoms with Gasteiger partial charge in [-0.3, -0.25) is 14.5 Å². The molecule has 0 bridgehead atoms. The van der Waals surface area contributed by atoms with Gasteiger partial charge in [-0.15, -0.1) is 0 Å².